The Morgan fingerprint density at radius 3 is 2.42 bits per heavy atom. The minimum Gasteiger partial charge on any atom is -0.258 e. The first kappa shape index (κ1) is 9.95. The average molecular weight is 315 g/mol. The maximum atomic E-state index is 10.4. The van der Waals surface area contributed by atoms with Crippen LogP contribution < -0.4 is 0 Å². The van der Waals surface area contributed by atoms with Crippen LogP contribution in [0.15, 0.2) is 21.1 Å². The van der Waals surface area contributed by atoms with Gasteiger partial charge in [0.1, 0.15) is 5.02 Å². The van der Waals surface area contributed by atoms with Gasteiger partial charge in [-0.2, -0.15) is 0 Å². The molecule has 6 heteroatoms. The van der Waals surface area contributed by atoms with Crippen molar-refractivity contribution in [2.24, 2.45) is 0 Å². The summed E-state index contributed by atoms with van der Waals surface area (Å²) in [5.74, 6) is 0. The van der Waals surface area contributed by atoms with Gasteiger partial charge in [-0.05, 0) is 28.1 Å². The van der Waals surface area contributed by atoms with E-state index in [1.165, 1.54) is 6.07 Å². The van der Waals surface area contributed by atoms with Gasteiger partial charge in [-0.15, -0.1) is 0 Å². The zero-order valence-electron chi connectivity index (χ0n) is 5.55. The number of rotatable bonds is 1. The van der Waals surface area contributed by atoms with Crippen molar-refractivity contribution in [1.29, 1.82) is 0 Å². The van der Waals surface area contributed by atoms with Crippen LogP contribution in [-0.4, -0.2) is 4.92 Å². The van der Waals surface area contributed by atoms with Crippen LogP contribution in [0.1, 0.15) is 0 Å². The molecule has 0 unspecified atom stereocenters. The number of halogens is 3. The molecule has 0 saturated carbocycles. The van der Waals surface area contributed by atoms with E-state index in [4.69, 9.17) is 11.6 Å². The summed E-state index contributed by atoms with van der Waals surface area (Å²) in [6, 6.07) is 3.05. The lowest BCUT2D eigenvalue weighted by Crippen LogP contribution is -1.90. The summed E-state index contributed by atoms with van der Waals surface area (Å²) in [6.45, 7) is 0. The maximum absolute atomic E-state index is 10.4. The molecule has 0 spiro atoms. The molecule has 0 fully saturated rings. The fourth-order valence-electron chi connectivity index (χ4n) is 0.709. The fraction of sp³-hybridized carbons (Fsp3) is 0. The lowest BCUT2D eigenvalue weighted by molar-refractivity contribution is -0.385. The van der Waals surface area contributed by atoms with Crippen LogP contribution in [0.4, 0.5) is 5.69 Å². The van der Waals surface area contributed by atoms with Crippen molar-refractivity contribution >= 4 is 49.1 Å². The van der Waals surface area contributed by atoms with Crippen molar-refractivity contribution in [2.45, 2.75) is 0 Å². The highest BCUT2D eigenvalue weighted by molar-refractivity contribution is 9.11. The summed E-state index contributed by atoms with van der Waals surface area (Å²) >= 11 is 11.8. The second kappa shape index (κ2) is 3.72. The second-order valence-corrected chi connectivity index (χ2v) is 4.15. The van der Waals surface area contributed by atoms with Crippen molar-refractivity contribution in [1.82, 2.24) is 0 Å². The predicted octanol–water partition coefficient (Wildman–Crippen LogP) is 3.77. The lowest BCUT2D eigenvalue weighted by Gasteiger charge is -1.98. The summed E-state index contributed by atoms with van der Waals surface area (Å²) in [6.07, 6.45) is 0. The normalized spacial score (nSPS) is 9.92. The summed E-state index contributed by atoms with van der Waals surface area (Å²) in [7, 11) is 0. The van der Waals surface area contributed by atoms with Crippen LogP contribution in [0.25, 0.3) is 0 Å². The molecule has 0 amide bonds. The van der Waals surface area contributed by atoms with Crippen molar-refractivity contribution in [2.75, 3.05) is 0 Å². The van der Waals surface area contributed by atoms with Gasteiger partial charge >= 0.3 is 5.69 Å². The SMILES string of the molecule is O=[N+]([O-])c1c(Cl)cc(Br)cc1Br. The molecule has 0 aliphatic heterocycles. The molecule has 0 saturated heterocycles. The van der Waals surface area contributed by atoms with Gasteiger partial charge in [0.05, 0.1) is 9.40 Å². The highest BCUT2D eigenvalue weighted by Crippen LogP contribution is 2.35. The molecule has 1 aromatic carbocycles. The van der Waals surface area contributed by atoms with Crippen LogP contribution >= 0.6 is 43.5 Å². The third-order valence-electron chi connectivity index (χ3n) is 1.16. The van der Waals surface area contributed by atoms with Gasteiger partial charge in [-0.3, -0.25) is 10.1 Å². The molecule has 0 N–H and O–H groups in total. The zero-order chi connectivity index (χ0) is 9.30. The smallest absolute Gasteiger partial charge is 0.258 e. The second-order valence-electron chi connectivity index (χ2n) is 1.98. The van der Waals surface area contributed by atoms with Gasteiger partial charge < -0.3 is 0 Å². The van der Waals surface area contributed by atoms with Gasteiger partial charge in [-0.1, -0.05) is 27.5 Å². The van der Waals surface area contributed by atoms with Gasteiger partial charge in [0.15, 0.2) is 0 Å². The summed E-state index contributed by atoms with van der Waals surface area (Å²) in [5.41, 5.74) is -0.111. The largest absolute Gasteiger partial charge is 0.302 e. The van der Waals surface area contributed by atoms with Crippen LogP contribution in [-0.2, 0) is 0 Å². The lowest BCUT2D eigenvalue weighted by atomic mass is 10.3. The van der Waals surface area contributed by atoms with E-state index in [0.29, 0.717) is 8.95 Å². The summed E-state index contributed by atoms with van der Waals surface area (Å²) in [5, 5.41) is 10.5. The molecular weight excluding hydrogens is 313 g/mol. The first-order chi connectivity index (χ1) is 5.52. The van der Waals surface area contributed by atoms with Crippen LogP contribution in [0.5, 0.6) is 0 Å². The van der Waals surface area contributed by atoms with E-state index in [0.717, 1.165) is 0 Å². The van der Waals surface area contributed by atoms with E-state index in [2.05, 4.69) is 31.9 Å². The molecule has 0 aromatic heterocycles. The first-order valence-electron chi connectivity index (χ1n) is 2.81. The standard InChI is InChI=1S/C6H2Br2ClNO2/c7-3-1-4(8)6(10(11)12)5(9)2-3/h1-2H. The summed E-state index contributed by atoms with van der Waals surface area (Å²) in [4.78, 5) is 9.90. The Hall–Kier alpha value is -0.130. The topological polar surface area (TPSA) is 43.1 Å². The molecule has 0 heterocycles. The van der Waals surface area contributed by atoms with Crippen LogP contribution in [0, 0.1) is 10.1 Å². The van der Waals surface area contributed by atoms with Gasteiger partial charge in [-0.25, -0.2) is 0 Å². The highest BCUT2D eigenvalue weighted by atomic mass is 79.9. The molecule has 1 aromatic rings. The molecule has 0 aliphatic rings. The molecule has 0 aliphatic carbocycles. The molecule has 0 atom stereocenters. The molecule has 1 rings (SSSR count). The Kier molecular flexibility index (Phi) is 3.09. The minimum absolute atomic E-state index is 0.111. The Bertz CT molecular complexity index is 319. The number of hydrogen-bond acceptors (Lipinski definition) is 2. The Morgan fingerprint density at radius 1 is 1.42 bits per heavy atom. The molecule has 3 nitrogen and oxygen atoms in total. The van der Waals surface area contributed by atoms with Crippen molar-refractivity contribution in [3.63, 3.8) is 0 Å². The van der Waals surface area contributed by atoms with Crippen molar-refractivity contribution in [3.05, 3.63) is 36.2 Å². The Balaban J connectivity index is 3.38. The van der Waals surface area contributed by atoms with Gasteiger partial charge in [0.25, 0.3) is 0 Å². The monoisotopic (exact) mass is 313 g/mol. The first-order valence-corrected chi connectivity index (χ1v) is 4.77. The molecule has 0 radical (unpaired) electrons. The van der Waals surface area contributed by atoms with E-state index in [1.807, 2.05) is 0 Å². The highest BCUT2D eigenvalue weighted by Gasteiger charge is 2.17. The van der Waals surface area contributed by atoms with E-state index in [-0.39, 0.29) is 10.7 Å². The third kappa shape index (κ3) is 1.97. The Labute approximate surface area is 90.1 Å². The molecule has 64 valence electrons. The molecular formula is C6H2Br2ClNO2. The van der Waals surface area contributed by atoms with Gasteiger partial charge in [0, 0.05) is 4.47 Å². The van der Waals surface area contributed by atoms with Gasteiger partial charge in [0.2, 0.25) is 0 Å². The average Bonchev–Trinajstić information content (AvgIpc) is 1.82. The van der Waals surface area contributed by atoms with E-state index >= 15 is 0 Å². The summed E-state index contributed by atoms with van der Waals surface area (Å²) < 4.78 is 1.07. The predicted molar refractivity (Wildman–Crippen MR) is 53.5 cm³/mol. The number of nitro benzene ring substituents is 1. The quantitative estimate of drug-likeness (QED) is 0.585. The minimum atomic E-state index is -0.529. The zero-order valence-corrected chi connectivity index (χ0v) is 9.48. The van der Waals surface area contributed by atoms with E-state index in [1.54, 1.807) is 6.07 Å². The number of benzene rings is 1. The van der Waals surface area contributed by atoms with E-state index in [9.17, 15) is 10.1 Å². The fourth-order valence-corrected chi connectivity index (χ4v) is 2.61. The Morgan fingerprint density at radius 2 is 2.00 bits per heavy atom. The van der Waals surface area contributed by atoms with Crippen molar-refractivity contribution < 1.29 is 4.92 Å². The van der Waals surface area contributed by atoms with Crippen LogP contribution in [0.3, 0.4) is 0 Å². The van der Waals surface area contributed by atoms with E-state index < -0.39 is 4.92 Å². The number of hydrogen-bond donors (Lipinski definition) is 0. The molecule has 12 heavy (non-hydrogen) atoms. The molecule has 0 bridgehead atoms. The van der Waals surface area contributed by atoms with Crippen LogP contribution in [0.2, 0.25) is 5.02 Å². The maximum Gasteiger partial charge on any atom is 0.302 e. The number of nitrogens with zero attached hydrogens (tertiary/aromatic N) is 1. The number of nitro groups is 1. The van der Waals surface area contributed by atoms with Crippen molar-refractivity contribution in [3.8, 4) is 0 Å². The third-order valence-corrected chi connectivity index (χ3v) is 2.51.